The number of carbonyl (C=O) groups is 1. The summed E-state index contributed by atoms with van der Waals surface area (Å²) in [6.07, 6.45) is 1.49. The van der Waals surface area contributed by atoms with Gasteiger partial charge in [-0.1, -0.05) is 30.3 Å². The molecule has 0 aliphatic heterocycles. The van der Waals surface area contributed by atoms with Gasteiger partial charge in [0.05, 0.1) is 13.4 Å². The summed E-state index contributed by atoms with van der Waals surface area (Å²) in [6.45, 7) is 1.31. The quantitative estimate of drug-likeness (QED) is 0.821. The lowest BCUT2D eigenvalue weighted by Gasteiger charge is -2.04. The predicted octanol–water partition coefficient (Wildman–Crippen LogP) is 2.36. The molecule has 0 bridgehead atoms. The van der Waals surface area contributed by atoms with E-state index in [-0.39, 0.29) is 5.76 Å². The van der Waals surface area contributed by atoms with Crippen molar-refractivity contribution in [2.75, 3.05) is 7.11 Å². The average molecular weight is 245 g/mol. The van der Waals surface area contributed by atoms with Crippen LogP contribution in [0.1, 0.15) is 21.7 Å². The minimum Gasteiger partial charge on any atom is -0.463 e. The van der Waals surface area contributed by atoms with Crippen LogP contribution in [0.2, 0.25) is 0 Å². The van der Waals surface area contributed by atoms with Gasteiger partial charge < -0.3 is 14.5 Å². The first kappa shape index (κ1) is 12.4. The number of esters is 1. The maximum atomic E-state index is 11.4. The number of nitrogens with one attached hydrogen (secondary N) is 1. The monoisotopic (exact) mass is 245 g/mol. The van der Waals surface area contributed by atoms with Crippen LogP contribution in [0.4, 0.5) is 0 Å². The molecule has 0 radical (unpaired) electrons. The second-order valence-corrected chi connectivity index (χ2v) is 3.86. The highest BCUT2D eigenvalue weighted by Gasteiger charge is 2.14. The number of carbonyl (C=O) groups excluding carboxylic acids is 1. The number of furan rings is 1. The number of ether oxygens (including phenoxy) is 1. The van der Waals surface area contributed by atoms with Gasteiger partial charge >= 0.3 is 5.97 Å². The molecule has 0 amide bonds. The van der Waals surface area contributed by atoms with E-state index in [1.165, 1.54) is 18.9 Å². The third kappa shape index (κ3) is 2.99. The minimum atomic E-state index is -0.448. The van der Waals surface area contributed by atoms with Crippen LogP contribution in [-0.4, -0.2) is 13.1 Å². The average Bonchev–Trinajstić information content (AvgIpc) is 2.87. The van der Waals surface area contributed by atoms with Gasteiger partial charge in [-0.05, 0) is 11.6 Å². The highest BCUT2D eigenvalue weighted by molar-refractivity contribution is 5.87. The van der Waals surface area contributed by atoms with Crippen LogP contribution in [0, 0.1) is 0 Å². The fourth-order valence-corrected chi connectivity index (χ4v) is 1.68. The van der Waals surface area contributed by atoms with E-state index >= 15 is 0 Å². The van der Waals surface area contributed by atoms with Crippen LogP contribution in [0.15, 0.2) is 47.1 Å². The molecule has 0 atom stereocenters. The normalized spacial score (nSPS) is 10.3. The molecule has 0 unspecified atom stereocenters. The largest absolute Gasteiger partial charge is 0.463 e. The van der Waals surface area contributed by atoms with E-state index in [2.05, 4.69) is 10.1 Å². The lowest BCUT2D eigenvalue weighted by Crippen LogP contribution is -2.14. The van der Waals surface area contributed by atoms with Crippen molar-refractivity contribution < 1.29 is 13.9 Å². The number of hydrogen-bond acceptors (Lipinski definition) is 4. The third-order valence-corrected chi connectivity index (χ3v) is 2.60. The van der Waals surface area contributed by atoms with E-state index in [9.17, 15) is 4.79 Å². The van der Waals surface area contributed by atoms with Gasteiger partial charge in [0.2, 0.25) is 5.76 Å². The number of rotatable bonds is 5. The maximum Gasteiger partial charge on any atom is 0.374 e. The SMILES string of the molecule is COC(=O)c1occc1CNCc1ccccc1. The van der Waals surface area contributed by atoms with Gasteiger partial charge in [-0.25, -0.2) is 4.79 Å². The van der Waals surface area contributed by atoms with Crippen molar-refractivity contribution in [1.29, 1.82) is 0 Å². The molecule has 1 aromatic carbocycles. The zero-order valence-electron chi connectivity index (χ0n) is 10.2. The molecule has 0 aliphatic carbocycles. The molecule has 0 fully saturated rings. The predicted molar refractivity (Wildman–Crippen MR) is 67.0 cm³/mol. The maximum absolute atomic E-state index is 11.4. The van der Waals surface area contributed by atoms with Gasteiger partial charge in [0, 0.05) is 18.7 Å². The molecule has 0 aliphatic rings. The van der Waals surface area contributed by atoms with Crippen LogP contribution < -0.4 is 5.32 Å². The summed E-state index contributed by atoms with van der Waals surface area (Å²) < 4.78 is 9.74. The molecule has 1 heterocycles. The van der Waals surface area contributed by atoms with Crippen LogP contribution in [0.5, 0.6) is 0 Å². The zero-order chi connectivity index (χ0) is 12.8. The van der Waals surface area contributed by atoms with Gasteiger partial charge in [-0.2, -0.15) is 0 Å². The smallest absolute Gasteiger partial charge is 0.374 e. The molecule has 94 valence electrons. The van der Waals surface area contributed by atoms with Gasteiger partial charge in [-0.3, -0.25) is 0 Å². The van der Waals surface area contributed by atoms with Crippen molar-refractivity contribution in [3.8, 4) is 0 Å². The Morgan fingerprint density at radius 2 is 2.00 bits per heavy atom. The van der Waals surface area contributed by atoms with Crippen molar-refractivity contribution >= 4 is 5.97 Å². The van der Waals surface area contributed by atoms with E-state index in [4.69, 9.17) is 4.42 Å². The Bertz CT molecular complexity index is 505. The molecule has 2 aromatic rings. The van der Waals surface area contributed by atoms with Crippen LogP contribution in [0.25, 0.3) is 0 Å². The second-order valence-electron chi connectivity index (χ2n) is 3.86. The summed E-state index contributed by atoms with van der Waals surface area (Å²) in [6, 6.07) is 11.8. The summed E-state index contributed by atoms with van der Waals surface area (Å²) in [5.41, 5.74) is 2.00. The zero-order valence-corrected chi connectivity index (χ0v) is 10.2. The Morgan fingerprint density at radius 3 is 2.72 bits per heavy atom. The first-order chi connectivity index (χ1) is 8.81. The highest BCUT2D eigenvalue weighted by Crippen LogP contribution is 2.11. The molecule has 4 nitrogen and oxygen atoms in total. The third-order valence-electron chi connectivity index (χ3n) is 2.60. The number of methoxy groups -OCH3 is 1. The summed E-state index contributed by atoms with van der Waals surface area (Å²) in [7, 11) is 1.34. The van der Waals surface area contributed by atoms with Crippen LogP contribution in [0.3, 0.4) is 0 Å². The van der Waals surface area contributed by atoms with Crippen molar-refractivity contribution in [1.82, 2.24) is 5.32 Å². The lowest BCUT2D eigenvalue weighted by atomic mass is 10.2. The highest BCUT2D eigenvalue weighted by atomic mass is 16.5. The van der Waals surface area contributed by atoms with E-state index in [1.54, 1.807) is 6.07 Å². The van der Waals surface area contributed by atoms with Gasteiger partial charge in [0.15, 0.2) is 0 Å². The van der Waals surface area contributed by atoms with Gasteiger partial charge in [0.1, 0.15) is 0 Å². The Morgan fingerprint density at radius 1 is 1.22 bits per heavy atom. The van der Waals surface area contributed by atoms with E-state index in [1.807, 2.05) is 30.3 Å². The topological polar surface area (TPSA) is 51.5 Å². The molecule has 4 heteroatoms. The lowest BCUT2D eigenvalue weighted by molar-refractivity contribution is 0.0563. The van der Waals surface area contributed by atoms with Gasteiger partial charge in [0.25, 0.3) is 0 Å². The van der Waals surface area contributed by atoms with Crippen molar-refractivity contribution in [3.63, 3.8) is 0 Å². The molecule has 0 saturated heterocycles. The van der Waals surface area contributed by atoms with Crippen molar-refractivity contribution in [3.05, 3.63) is 59.5 Å². The van der Waals surface area contributed by atoms with Crippen molar-refractivity contribution in [2.45, 2.75) is 13.1 Å². The summed E-state index contributed by atoms with van der Waals surface area (Å²) in [5, 5.41) is 3.26. The Kier molecular flexibility index (Phi) is 4.15. The van der Waals surface area contributed by atoms with Crippen molar-refractivity contribution in [2.24, 2.45) is 0 Å². The van der Waals surface area contributed by atoms with E-state index in [0.717, 1.165) is 12.1 Å². The van der Waals surface area contributed by atoms with Gasteiger partial charge in [-0.15, -0.1) is 0 Å². The van der Waals surface area contributed by atoms with Crippen LogP contribution >= 0.6 is 0 Å². The molecule has 0 saturated carbocycles. The molecule has 1 N–H and O–H groups in total. The summed E-state index contributed by atoms with van der Waals surface area (Å²) in [5.74, 6) is -0.186. The first-order valence-corrected chi connectivity index (χ1v) is 5.70. The number of benzene rings is 1. The Hall–Kier alpha value is -2.07. The van der Waals surface area contributed by atoms with E-state index in [0.29, 0.717) is 6.54 Å². The van der Waals surface area contributed by atoms with Crippen LogP contribution in [-0.2, 0) is 17.8 Å². The second kappa shape index (κ2) is 6.02. The molecular weight excluding hydrogens is 230 g/mol. The fraction of sp³-hybridized carbons (Fsp3) is 0.214. The Balaban J connectivity index is 1.91. The number of hydrogen-bond donors (Lipinski definition) is 1. The standard InChI is InChI=1S/C14H15NO3/c1-17-14(16)13-12(7-8-18-13)10-15-9-11-5-3-2-4-6-11/h2-8,15H,9-10H2,1H3. The summed E-state index contributed by atoms with van der Waals surface area (Å²) in [4.78, 5) is 11.4. The molecule has 2 rings (SSSR count). The molecule has 0 spiro atoms. The molecular formula is C14H15NO3. The fourth-order valence-electron chi connectivity index (χ4n) is 1.68. The minimum absolute atomic E-state index is 0.262. The Labute approximate surface area is 106 Å². The van der Waals surface area contributed by atoms with E-state index < -0.39 is 5.97 Å². The summed E-state index contributed by atoms with van der Waals surface area (Å²) >= 11 is 0. The first-order valence-electron chi connectivity index (χ1n) is 5.70. The molecule has 1 aromatic heterocycles. The molecule has 18 heavy (non-hydrogen) atoms.